The highest BCUT2D eigenvalue weighted by Gasteiger charge is 2.20. The molecule has 9 aromatic rings. The molecule has 3 heterocycles. The molecule has 0 radical (unpaired) electrons. The second-order valence-corrected chi connectivity index (χ2v) is 13.1. The summed E-state index contributed by atoms with van der Waals surface area (Å²) >= 11 is 3.74. The summed E-state index contributed by atoms with van der Waals surface area (Å²) in [5.41, 5.74) is 6.03. The SMILES string of the molecule is c1ccc(N(c2ccc(-c3cc4c(s3)c3ccccc3n4-c3ccc4ccccc4c3)s2)c2cccc3ccccc23)cc1. The topological polar surface area (TPSA) is 8.17 Å². The Labute approximate surface area is 263 Å². The molecule has 208 valence electrons. The molecule has 0 aliphatic heterocycles. The highest BCUT2D eigenvalue weighted by molar-refractivity contribution is 7.27. The van der Waals surface area contributed by atoms with Crippen LogP contribution in [0.5, 0.6) is 0 Å². The molecular formula is C40H26N2S2. The van der Waals surface area contributed by atoms with E-state index < -0.39 is 0 Å². The molecule has 3 aromatic heterocycles. The summed E-state index contributed by atoms with van der Waals surface area (Å²) < 4.78 is 3.76. The first-order chi connectivity index (χ1) is 21.8. The summed E-state index contributed by atoms with van der Waals surface area (Å²) in [5, 5.41) is 7.49. The highest BCUT2D eigenvalue weighted by Crippen LogP contribution is 2.47. The Bertz CT molecular complexity index is 2460. The van der Waals surface area contributed by atoms with Gasteiger partial charge in [0.15, 0.2) is 0 Å². The van der Waals surface area contributed by atoms with Crippen molar-refractivity contribution < 1.29 is 0 Å². The van der Waals surface area contributed by atoms with Crippen LogP contribution in [0.1, 0.15) is 0 Å². The van der Waals surface area contributed by atoms with Gasteiger partial charge in [0.2, 0.25) is 0 Å². The van der Waals surface area contributed by atoms with Crippen LogP contribution in [0.25, 0.3) is 58.1 Å². The van der Waals surface area contributed by atoms with Crippen LogP contribution in [0, 0.1) is 0 Å². The minimum absolute atomic E-state index is 1.15. The van der Waals surface area contributed by atoms with Crippen molar-refractivity contribution in [2.75, 3.05) is 4.90 Å². The van der Waals surface area contributed by atoms with Crippen LogP contribution < -0.4 is 4.90 Å². The number of hydrogen-bond donors (Lipinski definition) is 0. The van der Waals surface area contributed by atoms with Crippen molar-refractivity contribution in [1.29, 1.82) is 0 Å². The van der Waals surface area contributed by atoms with Crippen molar-refractivity contribution in [2.45, 2.75) is 0 Å². The van der Waals surface area contributed by atoms with Crippen molar-refractivity contribution in [2.24, 2.45) is 0 Å². The number of hydrogen-bond acceptors (Lipinski definition) is 3. The first-order valence-electron chi connectivity index (χ1n) is 14.8. The van der Waals surface area contributed by atoms with Gasteiger partial charge in [0.1, 0.15) is 5.00 Å². The molecule has 0 saturated carbocycles. The molecule has 0 N–H and O–H groups in total. The van der Waals surface area contributed by atoms with Crippen LogP contribution >= 0.6 is 22.7 Å². The monoisotopic (exact) mass is 598 g/mol. The third-order valence-corrected chi connectivity index (χ3v) is 10.8. The van der Waals surface area contributed by atoms with Gasteiger partial charge in [0.25, 0.3) is 0 Å². The number of nitrogens with zero attached hydrogens (tertiary/aromatic N) is 2. The molecule has 0 amide bonds. The predicted molar refractivity (Wildman–Crippen MR) is 192 cm³/mol. The third-order valence-electron chi connectivity index (χ3n) is 8.41. The van der Waals surface area contributed by atoms with Crippen LogP contribution in [-0.4, -0.2) is 4.57 Å². The average molecular weight is 599 g/mol. The number of anilines is 3. The third kappa shape index (κ3) is 4.07. The largest absolute Gasteiger partial charge is 0.308 e. The van der Waals surface area contributed by atoms with Crippen LogP contribution in [-0.2, 0) is 0 Å². The van der Waals surface area contributed by atoms with E-state index in [-0.39, 0.29) is 0 Å². The van der Waals surface area contributed by atoms with Gasteiger partial charge >= 0.3 is 0 Å². The second kappa shape index (κ2) is 10.2. The first kappa shape index (κ1) is 25.3. The summed E-state index contributed by atoms with van der Waals surface area (Å²) in [6.07, 6.45) is 0. The smallest absolute Gasteiger partial charge is 0.101 e. The molecule has 0 aliphatic carbocycles. The van der Waals surface area contributed by atoms with Crippen LogP contribution in [0.4, 0.5) is 16.4 Å². The number of rotatable bonds is 5. The molecule has 4 heteroatoms. The first-order valence-corrected chi connectivity index (χ1v) is 16.4. The van der Waals surface area contributed by atoms with E-state index in [0.29, 0.717) is 0 Å². The van der Waals surface area contributed by atoms with Crippen molar-refractivity contribution in [3.63, 3.8) is 0 Å². The molecule has 6 aromatic carbocycles. The fraction of sp³-hybridized carbons (Fsp3) is 0. The predicted octanol–water partition coefficient (Wildman–Crippen LogP) is 12.3. The van der Waals surface area contributed by atoms with E-state index in [1.54, 1.807) is 0 Å². The molecular weight excluding hydrogens is 573 g/mol. The zero-order valence-electron chi connectivity index (χ0n) is 23.7. The average Bonchev–Trinajstić information content (AvgIpc) is 3.80. The molecule has 0 spiro atoms. The molecule has 0 unspecified atom stereocenters. The Morgan fingerprint density at radius 2 is 1.18 bits per heavy atom. The standard InChI is InChI=1S/C40H26N2S2/c1-2-15-30(16-3-1)42(34-20-10-14-28-12-6-7-17-32(28)34)39-24-23-37(43-39)38-26-36-40(44-38)33-18-8-9-19-35(33)41(36)31-22-21-27-11-4-5-13-29(27)25-31/h1-26H. The van der Waals surface area contributed by atoms with Gasteiger partial charge in [-0.05, 0) is 70.8 Å². The minimum Gasteiger partial charge on any atom is -0.308 e. The number of benzene rings is 6. The van der Waals surface area contributed by atoms with Gasteiger partial charge in [-0.15, -0.1) is 22.7 Å². The number of aromatic nitrogens is 1. The normalized spacial score (nSPS) is 11.6. The quantitative estimate of drug-likeness (QED) is 0.191. The fourth-order valence-corrected chi connectivity index (χ4v) is 8.69. The van der Waals surface area contributed by atoms with Crippen LogP contribution in [0.3, 0.4) is 0 Å². The molecule has 9 rings (SSSR count). The van der Waals surface area contributed by atoms with Gasteiger partial charge in [-0.3, -0.25) is 0 Å². The Hall–Kier alpha value is -5.16. The van der Waals surface area contributed by atoms with Gasteiger partial charge < -0.3 is 9.47 Å². The number of para-hydroxylation sites is 2. The molecule has 0 aliphatic rings. The second-order valence-electron chi connectivity index (χ2n) is 11.0. The Balaban J connectivity index is 1.20. The number of thiophene rings is 2. The lowest BCUT2D eigenvalue weighted by Gasteiger charge is -2.25. The highest BCUT2D eigenvalue weighted by atomic mass is 32.1. The van der Waals surface area contributed by atoms with E-state index in [4.69, 9.17) is 0 Å². The summed E-state index contributed by atoms with van der Waals surface area (Å²) in [4.78, 5) is 4.96. The van der Waals surface area contributed by atoms with E-state index in [2.05, 4.69) is 167 Å². The molecule has 44 heavy (non-hydrogen) atoms. The maximum Gasteiger partial charge on any atom is 0.101 e. The maximum atomic E-state index is 2.43. The van der Waals surface area contributed by atoms with Gasteiger partial charge in [-0.2, -0.15) is 0 Å². The van der Waals surface area contributed by atoms with Gasteiger partial charge in [0, 0.05) is 31.9 Å². The summed E-state index contributed by atoms with van der Waals surface area (Å²) in [6.45, 7) is 0. The molecule has 2 nitrogen and oxygen atoms in total. The Morgan fingerprint density at radius 3 is 2.07 bits per heavy atom. The van der Waals surface area contributed by atoms with E-state index in [9.17, 15) is 0 Å². The van der Waals surface area contributed by atoms with Crippen LogP contribution in [0.2, 0.25) is 0 Å². The van der Waals surface area contributed by atoms with Crippen molar-refractivity contribution in [3.05, 3.63) is 158 Å². The minimum atomic E-state index is 1.15. The van der Waals surface area contributed by atoms with Crippen molar-refractivity contribution in [1.82, 2.24) is 4.57 Å². The van der Waals surface area contributed by atoms with Gasteiger partial charge in [-0.25, -0.2) is 0 Å². The van der Waals surface area contributed by atoms with E-state index in [1.807, 2.05) is 22.7 Å². The van der Waals surface area contributed by atoms with Crippen molar-refractivity contribution in [3.8, 4) is 15.4 Å². The fourth-order valence-electron chi connectivity index (χ4n) is 6.39. The zero-order valence-corrected chi connectivity index (χ0v) is 25.4. The van der Waals surface area contributed by atoms with Crippen LogP contribution in [0.15, 0.2) is 158 Å². The molecule has 0 saturated heterocycles. The van der Waals surface area contributed by atoms with E-state index >= 15 is 0 Å². The Kier molecular flexibility index (Phi) is 5.90. The molecule has 0 atom stereocenters. The van der Waals surface area contributed by atoms with Crippen molar-refractivity contribution >= 4 is 81.7 Å². The molecule has 0 fully saturated rings. The zero-order chi connectivity index (χ0) is 29.0. The number of fused-ring (bicyclic) bond motifs is 5. The Morgan fingerprint density at radius 1 is 0.455 bits per heavy atom. The lowest BCUT2D eigenvalue weighted by molar-refractivity contribution is 1.19. The maximum absolute atomic E-state index is 2.43. The molecule has 0 bridgehead atoms. The van der Waals surface area contributed by atoms with E-state index in [0.717, 1.165) is 5.69 Å². The van der Waals surface area contributed by atoms with Gasteiger partial charge in [-0.1, -0.05) is 103 Å². The van der Waals surface area contributed by atoms with E-state index in [1.165, 1.54) is 68.8 Å². The summed E-state index contributed by atoms with van der Waals surface area (Å²) in [7, 11) is 0. The summed E-state index contributed by atoms with van der Waals surface area (Å²) in [6, 6.07) is 57.0. The summed E-state index contributed by atoms with van der Waals surface area (Å²) in [5.74, 6) is 0. The lowest BCUT2D eigenvalue weighted by atomic mass is 10.1. The van der Waals surface area contributed by atoms with Gasteiger partial charge in [0.05, 0.1) is 21.4 Å². The lowest BCUT2D eigenvalue weighted by Crippen LogP contribution is -2.08.